The summed E-state index contributed by atoms with van der Waals surface area (Å²) in [5.74, 6) is 0. The van der Waals surface area contributed by atoms with E-state index in [1.807, 2.05) is 0 Å². The van der Waals surface area contributed by atoms with Gasteiger partial charge < -0.3 is 0 Å². The molecule has 0 N–H and O–H groups in total. The fourth-order valence-electron chi connectivity index (χ4n) is 5.92. The number of hydrogen-bond donors (Lipinski definition) is 0. The number of likely N-dealkylation sites (tertiary alicyclic amines) is 2. The highest BCUT2D eigenvalue weighted by molar-refractivity contribution is 5.43. The van der Waals surface area contributed by atoms with Crippen molar-refractivity contribution in [1.82, 2.24) is 9.80 Å². The minimum atomic E-state index is 0.0822. The molecule has 0 bridgehead atoms. The lowest BCUT2D eigenvalue weighted by Crippen LogP contribution is -2.50. The van der Waals surface area contributed by atoms with Gasteiger partial charge >= 0.3 is 0 Å². The first-order valence-corrected chi connectivity index (χ1v) is 11.3. The molecule has 2 fully saturated rings. The standard InChI is InChI=1S/C28H32N2/c1-29-23-28(25-13-7-3-8-14-25,26-15-9-4-10-16-26)22-27(29)17-19-30(20-18-27)21-24-11-5-2-6-12-24/h2-16H,17-23H2,1H3. The second-order valence-corrected chi connectivity index (χ2v) is 9.33. The summed E-state index contributed by atoms with van der Waals surface area (Å²) in [7, 11) is 2.36. The molecule has 154 valence electrons. The van der Waals surface area contributed by atoms with E-state index in [4.69, 9.17) is 0 Å². The van der Waals surface area contributed by atoms with Crippen LogP contribution in [0, 0.1) is 0 Å². The van der Waals surface area contributed by atoms with Crippen LogP contribution in [0.2, 0.25) is 0 Å². The maximum Gasteiger partial charge on any atom is 0.0347 e. The molecule has 3 aromatic carbocycles. The fourth-order valence-corrected chi connectivity index (χ4v) is 5.92. The number of hydrogen-bond acceptors (Lipinski definition) is 2. The van der Waals surface area contributed by atoms with Gasteiger partial charge in [-0.15, -0.1) is 0 Å². The summed E-state index contributed by atoms with van der Waals surface area (Å²) in [6.07, 6.45) is 3.71. The summed E-state index contributed by atoms with van der Waals surface area (Å²) >= 11 is 0. The van der Waals surface area contributed by atoms with Crippen LogP contribution in [0.25, 0.3) is 0 Å². The zero-order chi connectivity index (χ0) is 20.4. The molecule has 2 aliphatic heterocycles. The first-order chi connectivity index (χ1) is 14.7. The monoisotopic (exact) mass is 396 g/mol. The van der Waals surface area contributed by atoms with Crippen molar-refractivity contribution in [3.8, 4) is 0 Å². The van der Waals surface area contributed by atoms with Crippen molar-refractivity contribution in [2.45, 2.75) is 36.8 Å². The molecule has 5 rings (SSSR count). The van der Waals surface area contributed by atoms with Crippen molar-refractivity contribution in [3.63, 3.8) is 0 Å². The summed E-state index contributed by atoms with van der Waals surface area (Å²) in [4.78, 5) is 5.33. The summed E-state index contributed by atoms with van der Waals surface area (Å²) in [6, 6.07) is 33.3. The Hall–Kier alpha value is -2.42. The van der Waals surface area contributed by atoms with Gasteiger partial charge in [0, 0.05) is 37.1 Å². The van der Waals surface area contributed by atoms with E-state index in [2.05, 4.69) is 108 Å². The van der Waals surface area contributed by atoms with Crippen LogP contribution < -0.4 is 0 Å². The number of nitrogens with zero attached hydrogens (tertiary/aromatic N) is 2. The molecule has 1 spiro atoms. The van der Waals surface area contributed by atoms with Crippen LogP contribution in [0.15, 0.2) is 91.0 Å². The number of benzene rings is 3. The Labute approximate surface area is 181 Å². The van der Waals surface area contributed by atoms with Crippen LogP contribution in [0.5, 0.6) is 0 Å². The molecule has 2 aliphatic rings. The van der Waals surface area contributed by atoms with Crippen LogP contribution in [0.4, 0.5) is 0 Å². The Morgan fingerprint density at radius 1 is 0.700 bits per heavy atom. The molecule has 0 unspecified atom stereocenters. The van der Waals surface area contributed by atoms with Crippen molar-refractivity contribution in [3.05, 3.63) is 108 Å². The van der Waals surface area contributed by atoms with Crippen LogP contribution in [0.3, 0.4) is 0 Å². The highest BCUT2D eigenvalue weighted by Gasteiger charge is 2.53. The minimum absolute atomic E-state index is 0.0822. The van der Waals surface area contributed by atoms with Crippen molar-refractivity contribution < 1.29 is 0 Å². The Kier molecular flexibility index (Phi) is 5.22. The minimum Gasteiger partial charge on any atom is -0.299 e. The van der Waals surface area contributed by atoms with E-state index in [-0.39, 0.29) is 5.41 Å². The van der Waals surface area contributed by atoms with Crippen molar-refractivity contribution >= 4 is 0 Å². The van der Waals surface area contributed by atoms with Gasteiger partial charge in [-0.1, -0.05) is 91.0 Å². The number of piperidine rings is 1. The third-order valence-corrected chi connectivity index (χ3v) is 7.64. The molecule has 0 amide bonds. The van der Waals surface area contributed by atoms with Crippen LogP contribution in [-0.4, -0.2) is 42.0 Å². The second-order valence-electron chi connectivity index (χ2n) is 9.33. The Bertz CT molecular complexity index is 904. The normalized spacial score (nSPS) is 21.1. The molecule has 0 aromatic heterocycles. The fraction of sp³-hybridized carbons (Fsp3) is 0.357. The molecule has 0 aliphatic carbocycles. The van der Waals surface area contributed by atoms with Gasteiger partial charge in [0.25, 0.3) is 0 Å². The van der Waals surface area contributed by atoms with Gasteiger partial charge in [0.2, 0.25) is 0 Å². The quantitative estimate of drug-likeness (QED) is 0.587. The molecular weight excluding hydrogens is 364 g/mol. The zero-order valence-electron chi connectivity index (χ0n) is 18.0. The third-order valence-electron chi connectivity index (χ3n) is 7.64. The molecule has 3 aromatic rings. The lowest BCUT2D eigenvalue weighted by Gasteiger charge is -2.44. The van der Waals surface area contributed by atoms with Gasteiger partial charge in [0.15, 0.2) is 0 Å². The largest absolute Gasteiger partial charge is 0.299 e. The van der Waals surface area contributed by atoms with Crippen LogP contribution in [0.1, 0.15) is 36.0 Å². The number of rotatable bonds is 4. The molecule has 30 heavy (non-hydrogen) atoms. The molecule has 2 saturated heterocycles. The van der Waals surface area contributed by atoms with Gasteiger partial charge in [-0.25, -0.2) is 0 Å². The lowest BCUT2D eigenvalue weighted by atomic mass is 9.69. The zero-order valence-corrected chi connectivity index (χ0v) is 18.0. The van der Waals surface area contributed by atoms with E-state index in [1.54, 1.807) is 0 Å². The lowest BCUT2D eigenvalue weighted by molar-refractivity contribution is 0.0671. The van der Waals surface area contributed by atoms with Gasteiger partial charge in [0.05, 0.1) is 0 Å². The third kappa shape index (κ3) is 3.49. The first-order valence-electron chi connectivity index (χ1n) is 11.3. The number of likely N-dealkylation sites (N-methyl/N-ethyl adjacent to an activating group) is 1. The highest BCUT2D eigenvalue weighted by Crippen LogP contribution is 2.51. The highest BCUT2D eigenvalue weighted by atomic mass is 15.2. The van der Waals surface area contributed by atoms with Crippen LogP contribution in [-0.2, 0) is 12.0 Å². The SMILES string of the molecule is CN1CC(c2ccccc2)(c2ccccc2)CC12CCN(Cc1ccccc1)CC2. The van der Waals surface area contributed by atoms with E-state index in [9.17, 15) is 0 Å². The van der Waals surface area contributed by atoms with Gasteiger partial charge in [-0.05, 0) is 43.0 Å². The average Bonchev–Trinajstić information content (AvgIpc) is 3.10. The summed E-state index contributed by atoms with van der Waals surface area (Å²) in [6.45, 7) is 4.53. The topological polar surface area (TPSA) is 6.48 Å². The summed E-state index contributed by atoms with van der Waals surface area (Å²) in [5, 5.41) is 0. The Balaban J connectivity index is 1.40. The maximum absolute atomic E-state index is 2.69. The second kappa shape index (κ2) is 8.02. The predicted octanol–water partition coefficient (Wildman–Crippen LogP) is 5.34. The Morgan fingerprint density at radius 2 is 1.20 bits per heavy atom. The van der Waals surface area contributed by atoms with Crippen LogP contribution >= 0.6 is 0 Å². The van der Waals surface area contributed by atoms with Crippen molar-refractivity contribution in [1.29, 1.82) is 0 Å². The first kappa shape index (κ1) is 19.5. The predicted molar refractivity (Wildman–Crippen MR) is 125 cm³/mol. The molecule has 0 saturated carbocycles. The molecule has 0 radical (unpaired) electrons. The maximum atomic E-state index is 2.69. The van der Waals surface area contributed by atoms with Crippen molar-refractivity contribution in [2.24, 2.45) is 0 Å². The Morgan fingerprint density at radius 3 is 1.73 bits per heavy atom. The van der Waals surface area contributed by atoms with E-state index < -0.39 is 0 Å². The van der Waals surface area contributed by atoms with Crippen molar-refractivity contribution in [2.75, 3.05) is 26.7 Å². The molecule has 2 heterocycles. The van der Waals surface area contributed by atoms with E-state index >= 15 is 0 Å². The molecule has 0 atom stereocenters. The summed E-state index contributed by atoms with van der Waals surface area (Å²) in [5.41, 5.74) is 4.73. The van der Waals surface area contributed by atoms with Gasteiger partial charge in [-0.2, -0.15) is 0 Å². The molecule has 2 heteroatoms. The molecular formula is C28H32N2. The van der Waals surface area contributed by atoms with Gasteiger partial charge in [0.1, 0.15) is 0 Å². The van der Waals surface area contributed by atoms with E-state index in [0.717, 1.165) is 13.1 Å². The van der Waals surface area contributed by atoms with E-state index in [1.165, 1.54) is 49.0 Å². The smallest absolute Gasteiger partial charge is 0.0347 e. The average molecular weight is 397 g/mol. The summed E-state index contributed by atoms with van der Waals surface area (Å²) < 4.78 is 0. The van der Waals surface area contributed by atoms with E-state index in [0.29, 0.717) is 5.54 Å². The van der Waals surface area contributed by atoms with Gasteiger partial charge in [-0.3, -0.25) is 9.80 Å². The molecule has 2 nitrogen and oxygen atoms in total.